The summed E-state index contributed by atoms with van der Waals surface area (Å²) in [6, 6.07) is 2.13. The minimum Gasteiger partial charge on any atom is -0.368 e. The van der Waals surface area contributed by atoms with Gasteiger partial charge in [-0.2, -0.15) is 5.26 Å². The first kappa shape index (κ1) is 15.7. The number of amides is 1. The number of ether oxygens (including phenoxy) is 1. The normalized spacial score (nSPS) is 13.5. The van der Waals surface area contributed by atoms with Crippen LogP contribution in [0.3, 0.4) is 0 Å². The smallest absolute Gasteiger partial charge is 0.251 e. The maximum Gasteiger partial charge on any atom is 0.251 e. The summed E-state index contributed by atoms with van der Waals surface area (Å²) >= 11 is 0. The van der Waals surface area contributed by atoms with Crippen LogP contribution in [0.2, 0.25) is 0 Å². The van der Waals surface area contributed by atoms with Crippen molar-refractivity contribution in [3.63, 3.8) is 0 Å². The van der Waals surface area contributed by atoms with Crippen LogP contribution in [0, 0.1) is 17.2 Å². The quantitative estimate of drug-likeness (QED) is 0.480. The lowest BCUT2D eigenvalue weighted by atomic mass is 10.2. The third kappa shape index (κ3) is 6.08. The van der Waals surface area contributed by atoms with Gasteiger partial charge in [0.2, 0.25) is 0 Å². The van der Waals surface area contributed by atoms with E-state index in [0.29, 0.717) is 19.7 Å². The van der Waals surface area contributed by atoms with E-state index in [1.54, 1.807) is 24.8 Å². The van der Waals surface area contributed by atoms with Gasteiger partial charge in [0.15, 0.2) is 0 Å². The highest BCUT2D eigenvalue weighted by atomic mass is 16.5. The first-order valence-corrected chi connectivity index (χ1v) is 5.97. The van der Waals surface area contributed by atoms with Crippen LogP contribution in [-0.4, -0.2) is 36.6 Å². The molecule has 0 saturated carbocycles. The average molecular weight is 238 g/mol. The van der Waals surface area contributed by atoms with E-state index in [1.165, 1.54) is 0 Å². The second-order valence-electron chi connectivity index (χ2n) is 4.00. The number of nitriles is 1. The molecule has 0 rings (SSSR count). The summed E-state index contributed by atoms with van der Waals surface area (Å²) in [7, 11) is 0. The minimum atomic E-state index is -0.458. The van der Waals surface area contributed by atoms with Gasteiger partial charge in [-0.05, 0) is 27.2 Å². The van der Waals surface area contributed by atoms with Crippen LogP contribution in [0.25, 0.3) is 0 Å². The van der Waals surface area contributed by atoms with Crippen molar-refractivity contribution in [1.82, 2.24) is 4.90 Å². The van der Waals surface area contributed by atoms with E-state index >= 15 is 0 Å². The molecule has 17 heavy (non-hydrogen) atoms. The molecule has 1 amide bonds. The molecular weight excluding hydrogens is 216 g/mol. The molecule has 0 bridgehead atoms. The molecule has 0 unspecified atom stereocenters. The average Bonchev–Trinajstić information content (AvgIpc) is 2.34. The molecule has 0 aliphatic heterocycles. The third-order valence-electron chi connectivity index (χ3n) is 2.45. The SMILES string of the molecule is C=CCCO[C@H](C)C(=O)N(CC)C[C@@H](C)C#N. The Morgan fingerprint density at radius 2 is 2.24 bits per heavy atom. The predicted octanol–water partition coefficient (Wildman–Crippen LogP) is 1.98. The first-order valence-electron chi connectivity index (χ1n) is 5.97. The maximum absolute atomic E-state index is 12.0. The lowest BCUT2D eigenvalue weighted by molar-refractivity contribution is -0.142. The van der Waals surface area contributed by atoms with Crippen molar-refractivity contribution in [1.29, 1.82) is 5.26 Å². The predicted molar refractivity (Wildman–Crippen MR) is 67.3 cm³/mol. The highest BCUT2D eigenvalue weighted by molar-refractivity contribution is 5.80. The number of carbonyl (C=O) groups excluding carboxylic acids is 1. The van der Waals surface area contributed by atoms with Crippen molar-refractivity contribution >= 4 is 5.91 Å². The third-order valence-corrected chi connectivity index (χ3v) is 2.45. The monoisotopic (exact) mass is 238 g/mol. The molecule has 0 aliphatic rings. The van der Waals surface area contributed by atoms with Crippen LogP contribution in [0.5, 0.6) is 0 Å². The van der Waals surface area contributed by atoms with E-state index in [1.807, 2.05) is 6.92 Å². The Hall–Kier alpha value is -1.34. The van der Waals surface area contributed by atoms with Gasteiger partial charge in [0, 0.05) is 13.1 Å². The van der Waals surface area contributed by atoms with Gasteiger partial charge in [0.05, 0.1) is 18.6 Å². The van der Waals surface area contributed by atoms with Gasteiger partial charge in [0.25, 0.3) is 5.91 Å². The van der Waals surface area contributed by atoms with Crippen LogP contribution >= 0.6 is 0 Å². The van der Waals surface area contributed by atoms with Crippen LogP contribution < -0.4 is 0 Å². The fourth-order valence-corrected chi connectivity index (χ4v) is 1.40. The second kappa shape index (κ2) is 8.77. The molecule has 0 aliphatic carbocycles. The molecule has 4 heteroatoms. The molecule has 2 atom stereocenters. The summed E-state index contributed by atoms with van der Waals surface area (Å²) in [4.78, 5) is 13.6. The molecule has 0 spiro atoms. The summed E-state index contributed by atoms with van der Waals surface area (Å²) < 4.78 is 5.40. The molecule has 0 N–H and O–H groups in total. The van der Waals surface area contributed by atoms with Gasteiger partial charge in [0.1, 0.15) is 6.10 Å². The fraction of sp³-hybridized carbons (Fsp3) is 0.692. The van der Waals surface area contributed by atoms with Crippen molar-refractivity contribution in [2.45, 2.75) is 33.3 Å². The van der Waals surface area contributed by atoms with Gasteiger partial charge in [-0.1, -0.05) is 6.08 Å². The second-order valence-corrected chi connectivity index (χ2v) is 4.00. The number of hydrogen-bond donors (Lipinski definition) is 0. The zero-order valence-electron chi connectivity index (χ0n) is 11.0. The standard InChI is InChI=1S/C13H22N2O2/c1-5-7-8-17-12(4)13(16)15(6-2)10-11(3)9-14/h5,11-12H,1,6-8,10H2,2-4H3/t11-,12+/m0/s1. The Morgan fingerprint density at radius 3 is 2.71 bits per heavy atom. The van der Waals surface area contributed by atoms with Crippen LogP contribution in [0.1, 0.15) is 27.2 Å². The van der Waals surface area contributed by atoms with Gasteiger partial charge in [-0.15, -0.1) is 6.58 Å². The number of carbonyl (C=O) groups is 1. The molecule has 0 saturated heterocycles. The molecule has 0 fully saturated rings. The largest absolute Gasteiger partial charge is 0.368 e. The van der Waals surface area contributed by atoms with Crippen LogP contribution in [0.15, 0.2) is 12.7 Å². The summed E-state index contributed by atoms with van der Waals surface area (Å²) in [6.07, 6.45) is 2.03. The molecule has 0 radical (unpaired) electrons. The Labute approximate surface area is 104 Å². The molecular formula is C13H22N2O2. The summed E-state index contributed by atoms with van der Waals surface area (Å²) in [5.74, 6) is -0.210. The van der Waals surface area contributed by atoms with E-state index in [4.69, 9.17) is 10.00 Å². The fourth-order valence-electron chi connectivity index (χ4n) is 1.40. The van der Waals surface area contributed by atoms with E-state index in [0.717, 1.165) is 6.42 Å². The zero-order valence-corrected chi connectivity index (χ0v) is 11.0. The molecule has 0 aromatic rings. The van der Waals surface area contributed by atoms with E-state index in [-0.39, 0.29) is 11.8 Å². The van der Waals surface area contributed by atoms with Crippen LogP contribution in [-0.2, 0) is 9.53 Å². The van der Waals surface area contributed by atoms with Gasteiger partial charge >= 0.3 is 0 Å². The maximum atomic E-state index is 12.0. The lowest BCUT2D eigenvalue weighted by Gasteiger charge is -2.25. The van der Waals surface area contributed by atoms with Gasteiger partial charge in [-0.3, -0.25) is 4.79 Å². The first-order chi connectivity index (χ1) is 8.06. The van der Waals surface area contributed by atoms with Gasteiger partial charge < -0.3 is 9.64 Å². The van der Waals surface area contributed by atoms with Crippen molar-refractivity contribution in [2.75, 3.05) is 19.7 Å². The minimum absolute atomic E-state index is 0.0568. The Balaban J connectivity index is 4.23. The van der Waals surface area contributed by atoms with Crippen molar-refractivity contribution < 1.29 is 9.53 Å². The molecule has 96 valence electrons. The van der Waals surface area contributed by atoms with E-state index in [2.05, 4.69) is 12.6 Å². The molecule has 0 aromatic carbocycles. The van der Waals surface area contributed by atoms with Crippen molar-refractivity contribution in [2.24, 2.45) is 5.92 Å². The molecule has 0 heterocycles. The topological polar surface area (TPSA) is 53.3 Å². The van der Waals surface area contributed by atoms with Crippen molar-refractivity contribution in [3.8, 4) is 6.07 Å². The molecule has 0 aromatic heterocycles. The highest BCUT2D eigenvalue weighted by Crippen LogP contribution is 2.04. The Morgan fingerprint density at radius 1 is 1.59 bits per heavy atom. The van der Waals surface area contributed by atoms with Gasteiger partial charge in [-0.25, -0.2) is 0 Å². The van der Waals surface area contributed by atoms with E-state index in [9.17, 15) is 4.79 Å². The lowest BCUT2D eigenvalue weighted by Crippen LogP contribution is -2.41. The van der Waals surface area contributed by atoms with E-state index < -0.39 is 6.10 Å². The Bertz CT molecular complexity index is 284. The summed E-state index contributed by atoms with van der Waals surface area (Å²) in [5.41, 5.74) is 0. The number of hydrogen-bond acceptors (Lipinski definition) is 3. The number of nitrogens with zero attached hydrogens (tertiary/aromatic N) is 2. The number of likely N-dealkylation sites (N-methyl/N-ethyl adjacent to an activating group) is 1. The Kier molecular flexibility index (Phi) is 8.08. The molecule has 4 nitrogen and oxygen atoms in total. The summed E-state index contributed by atoms with van der Waals surface area (Å²) in [5, 5.41) is 8.74. The van der Waals surface area contributed by atoms with Crippen molar-refractivity contribution in [3.05, 3.63) is 12.7 Å². The van der Waals surface area contributed by atoms with Crippen LogP contribution in [0.4, 0.5) is 0 Å². The highest BCUT2D eigenvalue weighted by Gasteiger charge is 2.21. The zero-order chi connectivity index (χ0) is 13.3. The number of rotatable bonds is 8. The summed E-state index contributed by atoms with van der Waals surface area (Å²) in [6.45, 7) is 10.6.